The molecule has 5 nitrogen and oxygen atoms in total. The lowest BCUT2D eigenvalue weighted by molar-refractivity contribution is -0.111. The van der Waals surface area contributed by atoms with E-state index in [-0.39, 0.29) is 12.0 Å². The predicted molar refractivity (Wildman–Crippen MR) is 95.8 cm³/mol. The number of carbonyl (C=O) groups is 1. The van der Waals surface area contributed by atoms with Crippen molar-refractivity contribution >= 4 is 23.4 Å². The molecule has 0 aliphatic carbocycles. The van der Waals surface area contributed by atoms with Gasteiger partial charge in [0.05, 0.1) is 11.8 Å². The molecule has 6 heteroatoms. The van der Waals surface area contributed by atoms with Gasteiger partial charge in [0.25, 0.3) is 0 Å². The molecule has 1 saturated heterocycles. The van der Waals surface area contributed by atoms with Gasteiger partial charge in [0.1, 0.15) is 5.82 Å². The fourth-order valence-corrected chi connectivity index (χ4v) is 2.60. The molecule has 1 fully saturated rings. The standard InChI is InChI=1S/C19H20FN3O2/c20-17-12-15(4-5-18(17)22-13-16-2-1-11-25-16)23-19(24)6-3-14-7-9-21-10-8-14/h3-10,12,16,22H,1-2,11,13H2,(H,23,24)/b6-3-/t16-/m1/s1. The highest BCUT2D eigenvalue weighted by Gasteiger charge is 2.15. The third kappa shape index (κ3) is 5.12. The van der Waals surface area contributed by atoms with Crippen molar-refractivity contribution in [1.29, 1.82) is 0 Å². The molecule has 1 aliphatic heterocycles. The molecule has 0 bridgehead atoms. The molecule has 1 amide bonds. The largest absolute Gasteiger partial charge is 0.380 e. The number of halogens is 1. The third-order valence-electron chi connectivity index (χ3n) is 3.91. The number of amides is 1. The van der Waals surface area contributed by atoms with Crippen molar-refractivity contribution < 1.29 is 13.9 Å². The van der Waals surface area contributed by atoms with E-state index in [0.717, 1.165) is 25.0 Å². The van der Waals surface area contributed by atoms with Gasteiger partial charge in [-0.3, -0.25) is 9.78 Å². The van der Waals surface area contributed by atoms with E-state index in [0.29, 0.717) is 17.9 Å². The van der Waals surface area contributed by atoms with E-state index >= 15 is 0 Å². The Bertz CT molecular complexity index is 744. The molecule has 0 spiro atoms. The van der Waals surface area contributed by atoms with E-state index < -0.39 is 5.82 Å². The molecule has 1 aromatic heterocycles. The first-order chi connectivity index (χ1) is 12.2. The van der Waals surface area contributed by atoms with Crippen LogP contribution in [0.4, 0.5) is 15.8 Å². The van der Waals surface area contributed by atoms with Crippen molar-refractivity contribution in [3.8, 4) is 0 Å². The Morgan fingerprint density at radius 2 is 2.16 bits per heavy atom. The van der Waals surface area contributed by atoms with Gasteiger partial charge >= 0.3 is 0 Å². The predicted octanol–water partition coefficient (Wildman–Crippen LogP) is 3.46. The van der Waals surface area contributed by atoms with Gasteiger partial charge in [-0.05, 0) is 54.8 Å². The summed E-state index contributed by atoms with van der Waals surface area (Å²) in [4.78, 5) is 15.8. The summed E-state index contributed by atoms with van der Waals surface area (Å²) < 4.78 is 19.6. The van der Waals surface area contributed by atoms with E-state index in [4.69, 9.17) is 4.74 Å². The maximum absolute atomic E-state index is 14.1. The third-order valence-corrected chi connectivity index (χ3v) is 3.91. The number of nitrogens with zero attached hydrogens (tertiary/aromatic N) is 1. The average Bonchev–Trinajstić information content (AvgIpc) is 3.14. The van der Waals surface area contributed by atoms with Crippen molar-refractivity contribution in [2.75, 3.05) is 23.8 Å². The van der Waals surface area contributed by atoms with Crippen LogP contribution in [-0.4, -0.2) is 30.1 Å². The second kappa shape index (κ2) is 8.39. The lowest BCUT2D eigenvalue weighted by atomic mass is 10.2. The van der Waals surface area contributed by atoms with Crippen molar-refractivity contribution in [3.63, 3.8) is 0 Å². The molecular formula is C19H20FN3O2. The topological polar surface area (TPSA) is 63.2 Å². The van der Waals surface area contributed by atoms with Crippen LogP contribution in [0.25, 0.3) is 6.08 Å². The van der Waals surface area contributed by atoms with Crippen molar-refractivity contribution in [1.82, 2.24) is 4.98 Å². The second-order valence-electron chi connectivity index (χ2n) is 5.81. The van der Waals surface area contributed by atoms with Gasteiger partial charge in [-0.2, -0.15) is 0 Å². The number of hydrogen-bond acceptors (Lipinski definition) is 4. The van der Waals surface area contributed by atoms with Crippen LogP contribution in [-0.2, 0) is 9.53 Å². The Morgan fingerprint density at radius 1 is 1.32 bits per heavy atom. The van der Waals surface area contributed by atoms with Crippen LogP contribution in [0.3, 0.4) is 0 Å². The van der Waals surface area contributed by atoms with E-state index in [1.807, 2.05) is 0 Å². The summed E-state index contributed by atoms with van der Waals surface area (Å²) in [5.74, 6) is -0.731. The molecule has 25 heavy (non-hydrogen) atoms. The smallest absolute Gasteiger partial charge is 0.248 e. The number of hydrogen-bond donors (Lipinski definition) is 2. The lowest BCUT2D eigenvalue weighted by Gasteiger charge is -2.13. The van der Waals surface area contributed by atoms with Crippen LogP contribution in [0.15, 0.2) is 48.8 Å². The minimum Gasteiger partial charge on any atom is -0.380 e. The number of nitrogens with one attached hydrogen (secondary N) is 2. The number of benzene rings is 1. The summed E-state index contributed by atoms with van der Waals surface area (Å²) in [5, 5.41) is 5.69. The highest BCUT2D eigenvalue weighted by atomic mass is 19.1. The molecule has 2 heterocycles. The fourth-order valence-electron chi connectivity index (χ4n) is 2.60. The minimum absolute atomic E-state index is 0.136. The molecular weight excluding hydrogens is 321 g/mol. The second-order valence-corrected chi connectivity index (χ2v) is 5.81. The van der Waals surface area contributed by atoms with E-state index in [1.165, 1.54) is 12.1 Å². The van der Waals surface area contributed by atoms with Gasteiger partial charge in [-0.25, -0.2) is 4.39 Å². The van der Waals surface area contributed by atoms with E-state index in [1.54, 1.807) is 42.7 Å². The SMILES string of the molecule is O=C(/C=C\c1ccncc1)Nc1ccc(NC[C@H]2CCCO2)c(F)c1. The van der Waals surface area contributed by atoms with E-state index in [2.05, 4.69) is 15.6 Å². The first kappa shape index (κ1) is 17.1. The lowest BCUT2D eigenvalue weighted by Crippen LogP contribution is -2.19. The van der Waals surface area contributed by atoms with Crippen LogP contribution < -0.4 is 10.6 Å². The van der Waals surface area contributed by atoms with Gasteiger partial charge in [0, 0.05) is 37.3 Å². The maximum atomic E-state index is 14.1. The van der Waals surface area contributed by atoms with Crippen molar-refractivity contribution in [2.45, 2.75) is 18.9 Å². The quantitative estimate of drug-likeness (QED) is 0.790. The normalized spacial score (nSPS) is 16.9. The number of anilines is 2. The summed E-state index contributed by atoms with van der Waals surface area (Å²) in [6.45, 7) is 1.35. The summed E-state index contributed by atoms with van der Waals surface area (Å²) in [7, 11) is 0. The zero-order valence-corrected chi connectivity index (χ0v) is 13.7. The minimum atomic E-state index is -0.408. The highest BCUT2D eigenvalue weighted by molar-refractivity contribution is 6.02. The Balaban J connectivity index is 1.54. The summed E-state index contributed by atoms with van der Waals surface area (Å²) in [6.07, 6.45) is 8.54. The Hall–Kier alpha value is -2.73. The summed E-state index contributed by atoms with van der Waals surface area (Å²) >= 11 is 0. The zero-order chi connectivity index (χ0) is 17.5. The molecule has 1 aromatic carbocycles. The molecule has 130 valence electrons. The first-order valence-corrected chi connectivity index (χ1v) is 8.25. The first-order valence-electron chi connectivity index (χ1n) is 8.25. The Labute approximate surface area is 145 Å². The molecule has 0 saturated carbocycles. The number of rotatable bonds is 6. The van der Waals surface area contributed by atoms with Crippen LogP contribution >= 0.6 is 0 Å². The van der Waals surface area contributed by atoms with Crippen molar-refractivity contribution in [2.24, 2.45) is 0 Å². The molecule has 1 aliphatic rings. The molecule has 3 rings (SSSR count). The van der Waals surface area contributed by atoms with Gasteiger partial charge < -0.3 is 15.4 Å². The number of aromatic nitrogens is 1. The van der Waals surface area contributed by atoms with Crippen LogP contribution in [0, 0.1) is 5.82 Å². The van der Waals surface area contributed by atoms with Crippen molar-refractivity contribution in [3.05, 3.63) is 60.2 Å². The Morgan fingerprint density at radius 3 is 2.88 bits per heavy atom. The average molecular weight is 341 g/mol. The van der Waals surface area contributed by atoms with Gasteiger partial charge in [-0.15, -0.1) is 0 Å². The zero-order valence-electron chi connectivity index (χ0n) is 13.7. The summed E-state index contributed by atoms with van der Waals surface area (Å²) in [5.41, 5.74) is 1.68. The molecule has 2 aromatic rings. The molecule has 2 N–H and O–H groups in total. The molecule has 1 atom stereocenters. The number of carbonyl (C=O) groups excluding carboxylic acids is 1. The molecule has 0 radical (unpaired) electrons. The summed E-state index contributed by atoms with van der Waals surface area (Å²) in [6, 6.07) is 8.16. The Kier molecular flexibility index (Phi) is 5.74. The van der Waals surface area contributed by atoms with Crippen LogP contribution in [0.1, 0.15) is 18.4 Å². The fraction of sp³-hybridized carbons (Fsp3) is 0.263. The highest BCUT2D eigenvalue weighted by Crippen LogP contribution is 2.20. The van der Waals surface area contributed by atoms with Gasteiger partial charge in [0.2, 0.25) is 5.91 Å². The van der Waals surface area contributed by atoms with Gasteiger partial charge in [-0.1, -0.05) is 0 Å². The number of pyridine rings is 1. The van der Waals surface area contributed by atoms with Gasteiger partial charge in [0.15, 0.2) is 0 Å². The van der Waals surface area contributed by atoms with E-state index in [9.17, 15) is 9.18 Å². The maximum Gasteiger partial charge on any atom is 0.248 e. The number of ether oxygens (including phenoxy) is 1. The van der Waals surface area contributed by atoms with Crippen LogP contribution in [0.5, 0.6) is 0 Å². The monoisotopic (exact) mass is 341 g/mol. The van der Waals surface area contributed by atoms with Crippen LogP contribution in [0.2, 0.25) is 0 Å². The molecule has 0 unspecified atom stereocenters.